The molecule has 14 heavy (non-hydrogen) atoms. The fraction of sp³-hybridized carbons (Fsp3) is 0.222. The molecule has 1 rings (SSSR count). The number of hydrogen-bond acceptors (Lipinski definition) is 1. The monoisotopic (exact) mass is 279 g/mol. The zero-order chi connectivity index (χ0) is 10.6. The van der Waals surface area contributed by atoms with E-state index in [2.05, 4.69) is 21.2 Å². The number of halogens is 3. The fourth-order valence-electron chi connectivity index (χ4n) is 0.892. The van der Waals surface area contributed by atoms with Crippen LogP contribution in [0.5, 0.6) is 0 Å². The summed E-state index contributed by atoms with van der Waals surface area (Å²) in [4.78, 5) is 11.2. The molecule has 0 fully saturated rings. The van der Waals surface area contributed by atoms with Crippen LogP contribution in [-0.2, 0) is 4.79 Å². The minimum atomic E-state index is -0.427. The first-order valence-corrected chi connectivity index (χ1v) is 5.44. The summed E-state index contributed by atoms with van der Waals surface area (Å²) in [6.07, 6.45) is 0.326. The van der Waals surface area contributed by atoms with E-state index in [4.69, 9.17) is 11.6 Å². The molecule has 0 radical (unpaired) electrons. The van der Waals surface area contributed by atoms with Crippen molar-refractivity contribution in [3.8, 4) is 0 Å². The molecule has 0 aliphatic carbocycles. The van der Waals surface area contributed by atoms with E-state index in [1.165, 1.54) is 18.2 Å². The maximum absolute atomic E-state index is 12.8. The molecule has 0 atom stereocenters. The molecule has 0 aliphatic heterocycles. The van der Waals surface area contributed by atoms with Crippen molar-refractivity contribution in [3.63, 3.8) is 0 Å². The largest absolute Gasteiger partial charge is 0.325 e. The number of amides is 1. The van der Waals surface area contributed by atoms with E-state index in [0.717, 1.165) is 0 Å². The van der Waals surface area contributed by atoms with Gasteiger partial charge in [0.2, 0.25) is 5.91 Å². The van der Waals surface area contributed by atoms with Gasteiger partial charge in [0.25, 0.3) is 0 Å². The average molecular weight is 281 g/mol. The van der Waals surface area contributed by atoms with Gasteiger partial charge in [0, 0.05) is 11.8 Å². The Balaban J connectivity index is 2.75. The molecule has 1 aromatic carbocycles. The van der Waals surface area contributed by atoms with Gasteiger partial charge in [0.1, 0.15) is 5.82 Å². The maximum Gasteiger partial charge on any atom is 0.225 e. The molecule has 0 unspecified atom stereocenters. The lowest BCUT2D eigenvalue weighted by atomic mass is 10.3. The molecule has 0 bridgehead atoms. The van der Waals surface area contributed by atoms with Gasteiger partial charge in [-0.1, -0.05) is 27.5 Å². The molecule has 2 nitrogen and oxygen atoms in total. The van der Waals surface area contributed by atoms with Gasteiger partial charge in [-0.3, -0.25) is 4.79 Å². The second-order valence-electron chi connectivity index (χ2n) is 2.61. The zero-order valence-corrected chi connectivity index (χ0v) is 9.53. The van der Waals surface area contributed by atoms with Crippen molar-refractivity contribution < 1.29 is 9.18 Å². The molecule has 1 N–H and O–H groups in total. The quantitative estimate of drug-likeness (QED) is 0.847. The molecule has 0 saturated carbocycles. The van der Waals surface area contributed by atoms with Gasteiger partial charge in [-0.2, -0.15) is 0 Å². The summed E-state index contributed by atoms with van der Waals surface area (Å²) in [5.41, 5.74) is 0.303. The number of carbonyl (C=O) groups excluding carboxylic acids is 1. The van der Waals surface area contributed by atoms with Gasteiger partial charge < -0.3 is 5.32 Å². The minimum Gasteiger partial charge on any atom is -0.325 e. The summed E-state index contributed by atoms with van der Waals surface area (Å²) in [5.74, 6) is -0.627. The van der Waals surface area contributed by atoms with Gasteiger partial charge in [-0.25, -0.2) is 4.39 Å². The van der Waals surface area contributed by atoms with Crippen molar-refractivity contribution in [2.75, 3.05) is 10.6 Å². The van der Waals surface area contributed by atoms with E-state index in [-0.39, 0.29) is 5.91 Å². The molecular weight excluding hydrogens is 272 g/mol. The number of rotatable bonds is 3. The van der Waals surface area contributed by atoms with Crippen molar-refractivity contribution in [1.82, 2.24) is 0 Å². The van der Waals surface area contributed by atoms with Crippen LogP contribution in [0.2, 0.25) is 5.02 Å². The molecule has 1 aromatic rings. The van der Waals surface area contributed by atoms with Crippen LogP contribution in [0.3, 0.4) is 0 Å². The van der Waals surface area contributed by atoms with Gasteiger partial charge in [-0.15, -0.1) is 0 Å². The molecule has 0 aromatic heterocycles. The van der Waals surface area contributed by atoms with Crippen LogP contribution in [-0.4, -0.2) is 11.2 Å². The molecule has 76 valence electrons. The van der Waals surface area contributed by atoms with Crippen LogP contribution in [0.15, 0.2) is 18.2 Å². The average Bonchev–Trinajstić information content (AvgIpc) is 2.12. The second kappa shape index (κ2) is 5.32. The predicted molar refractivity (Wildman–Crippen MR) is 58.5 cm³/mol. The van der Waals surface area contributed by atoms with E-state index in [1.807, 2.05) is 0 Å². The zero-order valence-electron chi connectivity index (χ0n) is 7.19. The first-order valence-electron chi connectivity index (χ1n) is 3.94. The highest BCUT2D eigenvalue weighted by Crippen LogP contribution is 2.22. The third-order valence-corrected chi connectivity index (χ3v) is 2.25. The van der Waals surface area contributed by atoms with E-state index in [1.54, 1.807) is 0 Å². The Morgan fingerprint density at radius 1 is 1.57 bits per heavy atom. The summed E-state index contributed by atoms with van der Waals surface area (Å²) in [6.45, 7) is 0. The Kier molecular flexibility index (Phi) is 4.35. The standard InChI is InChI=1S/C9H8BrClFNO/c10-4-3-9(14)13-8-5-6(12)1-2-7(8)11/h1-2,5H,3-4H2,(H,13,14). The lowest BCUT2D eigenvalue weighted by molar-refractivity contribution is -0.115. The fourth-order valence-corrected chi connectivity index (χ4v) is 1.42. The van der Waals surface area contributed by atoms with Gasteiger partial charge >= 0.3 is 0 Å². The lowest BCUT2D eigenvalue weighted by Crippen LogP contribution is -2.12. The van der Waals surface area contributed by atoms with Gasteiger partial charge in [0.15, 0.2) is 0 Å². The highest BCUT2D eigenvalue weighted by Gasteiger charge is 2.05. The molecule has 0 spiro atoms. The van der Waals surface area contributed by atoms with Crippen molar-refractivity contribution >= 4 is 39.1 Å². The van der Waals surface area contributed by atoms with E-state index in [9.17, 15) is 9.18 Å². The normalized spacial score (nSPS) is 9.93. The molecule has 0 saturated heterocycles. The summed E-state index contributed by atoms with van der Waals surface area (Å²) in [5, 5.41) is 3.40. The van der Waals surface area contributed by atoms with Crippen molar-refractivity contribution in [1.29, 1.82) is 0 Å². The van der Waals surface area contributed by atoms with Crippen molar-refractivity contribution in [2.45, 2.75) is 6.42 Å². The topological polar surface area (TPSA) is 29.1 Å². The van der Waals surface area contributed by atoms with E-state index < -0.39 is 5.82 Å². The van der Waals surface area contributed by atoms with E-state index in [0.29, 0.717) is 22.5 Å². The SMILES string of the molecule is O=C(CCBr)Nc1cc(F)ccc1Cl. The highest BCUT2D eigenvalue weighted by molar-refractivity contribution is 9.09. The summed E-state index contributed by atoms with van der Waals surface area (Å²) in [6, 6.07) is 3.83. The molecule has 5 heteroatoms. The smallest absolute Gasteiger partial charge is 0.225 e. The van der Waals surface area contributed by atoms with Crippen LogP contribution in [0.25, 0.3) is 0 Å². The van der Waals surface area contributed by atoms with E-state index >= 15 is 0 Å². The Morgan fingerprint density at radius 2 is 2.29 bits per heavy atom. The number of benzene rings is 1. The number of nitrogens with one attached hydrogen (secondary N) is 1. The number of hydrogen-bond donors (Lipinski definition) is 1. The molecular formula is C9H8BrClFNO. The third-order valence-electron chi connectivity index (χ3n) is 1.52. The second-order valence-corrected chi connectivity index (χ2v) is 3.81. The van der Waals surface area contributed by atoms with Crippen molar-refractivity contribution in [2.24, 2.45) is 0 Å². The van der Waals surface area contributed by atoms with Crippen LogP contribution in [0.4, 0.5) is 10.1 Å². The summed E-state index contributed by atoms with van der Waals surface area (Å²) in [7, 11) is 0. The summed E-state index contributed by atoms with van der Waals surface area (Å²) < 4.78 is 12.8. The predicted octanol–water partition coefficient (Wildman–Crippen LogP) is 3.20. The number of carbonyl (C=O) groups is 1. The molecule has 1 amide bonds. The van der Waals surface area contributed by atoms with Crippen LogP contribution < -0.4 is 5.32 Å². The van der Waals surface area contributed by atoms with Crippen molar-refractivity contribution in [3.05, 3.63) is 29.0 Å². The number of anilines is 1. The van der Waals surface area contributed by atoms with Crippen LogP contribution >= 0.6 is 27.5 Å². The molecule has 0 aliphatic rings. The van der Waals surface area contributed by atoms with Crippen LogP contribution in [0, 0.1) is 5.82 Å². The number of alkyl halides is 1. The van der Waals surface area contributed by atoms with Gasteiger partial charge in [0.05, 0.1) is 10.7 Å². The first-order chi connectivity index (χ1) is 6.63. The Labute approximate surface area is 94.6 Å². The Morgan fingerprint density at radius 3 is 2.93 bits per heavy atom. The summed E-state index contributed by atoms with van der Waals surface area (Å²) >= 11 is 8.88. The van der Waals surface area contributed by atoms with Gasteiger partial charge in [-0.05, 0) is 18.2 Å². The minimum absolute atomic E-state index is 0.200. The highest BCUT2D eigenvalue weighted by atomic mass is 79.9. The Bertz CT molecular complexity index is 346. The Hall–Kier alpha value is -0.610. The maximum atomic E-state index is 12.8. The molecule has 0 heterocycles. The lowest BCUT2D eigenvalue weighted by Gasteiger charge is -2.05. The van der Waals surface area contributed by atoms with Crippen LogP contribution in [0.1, 0.15) is 6.42 Å². The third kappa shape index (κ3) is 3.27. The first kappa shape index (κ1) is 11.5.